The first-order chi connectivity index (χ1) is 10.9. The molecule has 122 valence electrons. The second-order valence-corrected chi connectivity index (χ2v) is 6.59. The van der Waals surface area contributed by atoms with Crippen LogP contribution in [0.15, 0.2) is 54.6 Å². The molecule has 1 amide bonds. The predicted octanol–water partition coefficient (Wildman–Crippen LogP) is 4.97. The van der Waals surface area contributed by atoms with Gasteiger partial charge in [-0.2, -0.15) is 0 Å². The van der Waals surface area contributed by atoms with Crippen molar-refractivity contribution in [1.82, 2.24) is 5.32 Å². The van der Waals surface area contributed by atoms with Crippen LogP contribution in [-0.2, 0) is 16.9 Å². The van der Waals surface area contributed by atoms with E-state index in [1.54, 1.807) is 0 Å². The Morgan fingerprint density at radius 3 is 2.22 bits per heavy atom. The van der Waals surface area contributed by atoms with Crippen molar-refractivity contribution in [2.75, 3.05) is 0 Å². The van der Waals surface area contributed by atoms with E-state index in [1.807, 2.05) is 44.2 Å². The van der Waals surface area contributed by atoms with Crippen LogP contribution in [0.25, 0.3) is 0 Å². The summed E-state index contributed by atoms with van der Waals surface area (Å²) in [4.78, 5) is 12.0. The summed E-state index contributed by atoms with van der Waals surface area (Å²) in [5.74, 6) is 0.496. The van der Waals surface area contributed by atoms with Gasteiger partial charge in [-0.1, -0.05) is 68.4 Å². The van der Waals surface area contributed by atoms with Crippen molar-refractivity contribution in [2.45, 2.75) is 45.8 Å². The quantitative estimate of drug-likeness (QED) is 0.846. The number of hydrogen-bond donors (Lipinski definition) is 1. The minimum absolute atomic E-state index is 0.273. The molecule has 0 saturated heterocycles. The van der Waals surface area contributed by atoms with Crippen molar-refractivity contribution in [3.05, 3.63) is 71.3 Å². The van der Waals surface area contributed by atoms with Crippen LogP contribution in [-0.4, -0.2) is 6.09 Å². The maximum atomic E-state index is 12.0. The van der Waals surface area contributed by atoms with Gasteiger partial charge in [0.1, 0.15) is 6.61 Å². The van der Waals surface area contributed by atoms with Gasteiger partial charge in [-0.3, -0.25) is 0 Å². The van der Waals surface area contributed by atoms with E-state index in [1.165, 1.54) is 5.56 Å². The first-order valence-electron chi connectivity index (χ1n) is 7.98. The molecule has 0 bridgehead atoms. The van der Waals surface area contributed by atoms with Crippen molar-refractivity contribution >= 4 is 6.09 Å². The molecule has 0 aliphatic rings. The summed E-state index contributed by atoms with van der Waals surface area (Å²) in [7, 11) is 0. The van der Waals surface area contributed by atoms with Gasteiger partial charge >= 0.3 is 6.09 Å². The highest BCUT2D eigenvalue weighted by Crippen LogP contribution is 2.23. The van der Waals surface area contributed by atoms with Crippen molar-refractivity contribution in [3.8, 4) is 0 Å². The number of ether oxygens (including phenoxy) is 1. The highest BCUT2D eigenvalue weighted by Gasteiger charge is 2.23. The number of amides is 1. The lowest BCUT2D eigenvalue weighted by Gasteiger charge is -2.27. The summed E-state index contributed by atoms with van der Waals surface area (Å²) in [5, 5.41) is 2.93. The molecule has 1 N–H and O–H groups in total. The average Bonchev–Trinajstić information content (AvgIpc) is 2.53. The maximum Gasteiger partial charge on any atom is 0.408 e. The number of carbonyl (C=O) groups is 1. The third-order valence-electron chi connectivity index (χ3n) is 3.93. The van der Waals surface area contributed by atoms with Gasteiger partial charge in [0.25, 0.3) is 0 Å². The van der Waals surface area contributed by atoms with Gasteiger partial charge in [0, 0.05) is 0 Å². The van der Waals surface area contributed by atoms with Crippen molar-refractivity contribution in [1.29, 1.82) is 0 Å². The lowest BCUT2D eigenvalue weighted by atomic mass is 9.92. The Morgan fingerprint density at radius 1 is 1.04 bits per heavy atom. The summed E-state index contributed by atoms with van der Waals surface area (Å²) in [5.41, 5.74) is 2.83. The lowest BCUT2D eigenvalue weighted by Crippen LogP contribution is -2.41. The first-order valence-corrected chi connectivity index (χ1v) is 7.98. The Kier molecular flexibility index (Phi) is 5.43. The molecule has 2 rings (SSSR count). The Bertz CT molecular complexity index is 630. The molecule has 0 saturated carbocycles. The SMILES string of the molecule is CC(C)c1ccc(C(C)(C)NC(=O)OCc2ccccc2)cc1. The number of benzene rings is 2. The van der Waals surface area contributed by atoms with E-state index in [0.717, 1.165) is 11.1 Å². The molecule has 3 heteroatoms. The van der Waals surface area contributed by atoms with E-state index in [0.29, 0.717) is 5.92 Å². The van der Waals surface area contributed by atoms with E-state index < -0.39 is 11.6 Å². The van der Waals surface area contributed by atoms with Gasteiger partial charge in [-0.15, -0.1) is 0 Å². The zero-order valence-corrected chi connectivity index (χ0v) is 14.3. The molecule has 0 radical (unpaired) electrons. The Labute approximate surface area is 138 Å². The summed E-state index contributed by atoms with van der Waals surface area (Å²) in [6, 6.07) is 18.0. The first kappa shape index (κ1) is 17.1. The second kappa shape index (κ2) is 7.32. The zero-order chi connectivity index (χ0) is 16.9. The molecule has 0 heterocycles. The molecule has 2 aromatic rings. The zero-order valence-electron chi connectivity index (χ0n) is 14.3. The fraction of sp³-hybridized carbons (Fsp3) is 0.350. The van der Waals surface area contributed by atoms with Crippen LogP contribution in [0.1, 0.15) is 50.3 Å². The molecule has 0 fully saturated rings. The fourth-order valence-corrected chi connectivity index (χ4v) is 2.37. The van der Waals surface area contributed by atoms with Crippen LogP contribution in [0.5, 0.6) is 0 Å². The highest BCUT2D eigenvalue weighted by molar-refractivity contribution is 5.68. The number of carbonyl (C=O) groups excluding carboxylic acids is 1. The molecule has 23 heavy (non-hydrogen) atoms. The van der Waals surface area contributed by atoms with E-state index >= 15 is 0 Å². The molecule has 0 atom stereocenters. The molecule has 2 aromatic carbocycles. The molecule has 0 aliphatic heterocycles. The minimum atomic E-state index is -0.483. The predicted molar refractivity (Wildman–Crippen MR) is 93.3 cm³/mol. The van der Waals surface area contributed by atoms with Gasteiger partial charge in [-0.05, 0) is 36.5 Å². The standard InChI is InChI=1S/C20H25NO2/c1-15(2)17-10-12-18(13-11-17)20(3,4)21-19(22)23-14-16-8-6-5-7-9-16/h5-13,15H,14H2,1-4H3,(H,21,22). The monoisotopic (exact) mass is 311 g/mol. The lowest BCUT2D eigenvalue weighted by molar-refractivity contribution is 0.129. The van der Waals surface area contributed by atoms with Crippen LogP contribution in [0.4, 0.5) is 4.79 Å². The van der Waals surface area contributed by atoms with Crippen LogP contribution in [0.2, 0.25) is 0 Å². The van der Waals surface area contributed by atoms with Crippen LogP contribution in [0, 0.1) is 0 Å². The van der Waals surface area contributed by atoms with Gasteiger partial charge in [0.05, 0.1) is 5.54 Å². The van der Waals surface area contributed by atoms with E-state index in [-0.39, 0.29) is 6.61 Å². The molecule has 0 unspecified atom stereocenters. The van der Waals surface area contributed by atoms with Crippen molar-refractivity contribution < 1.29 is 9.53 Å². The van der Waals surface area contributed by atoms with E-state index in [2.05, 4.69) is 43.4 Å². The number of nitrogens with one attached hydrogen (secondary N) is 1. The molecule has 3 nitrogen and oxygen atoms in total. The van der Waals surface area contributed by atoms with Gasteiger partial charge < -0.3 is 10.1 Å². The number of rotatable bonds is 5. The Hall–Kier alpha value is -2.29. The largest absolute Gasteiger partial charge is 0.445 e. The van der Waals surface area contributed by atoms with Crippen molar-refractivity contribution in [3.63, 3.8) is 0 Å². The molecular weight excluding hydrogens is 286 g/mol. The average molecular weight is 311 g/mol. The summed E-state index contributed by atoms with van der Waals surface area (Å²) >= 11 is 0. The maximum absolute atomic E-state index is 12.0. The van der Waals surface area contributed by atoms with Gasteiger partial charge in [-0.25, -0.2) is 4.79 Å². The second-order valence-electron chi connectivity index (χ2n) is 6.59. The third kappa shape index (κ3) is 4.85. The third-order valence-corrected chi connectivity index (χ3v) is 3.93. The molecule has 0 aromatic heterocycles. The topological polar surface area (TPSA) is 38.3 Å². The summed E-state index contributed by atoms with van der Waals surface area (Å²) in [6.45, 7) is 8.55. The fourth-order valence-electron chi connectivity index (χ4n) is 2.37. The van der Waals surface area contributed by atoms with Crippen LogP contribution >= 0.6 is 0 Å². The minimum Gasteiger partial charge on any atom is -0.445 e. The smallest absolute Gasteiger partial charge is 0.408 e. The van der Waals surface area contributed by atoms with Crippen LogP contribution in [0.3, 0.4) is 0 Å². The molecule has 0 aliphatic carbocycles. The van der Waals surface area contributed by atoms with Crippen LogP contribution < -0.4 is 5.32 Å². The van der Waals surface area contributed by atoms with Gasteiger partial charge in [0.2, 0.25) is 0 Å². The number of hydrogen-bond acceptors (Lipinski definition) is 2. The Morgan fingerprint density at radius 2 is 1.65 bits per heavy atom. The van der Waals surface area contributed by atoms with Gasteiger partial charge in [0.15, 0.2) is 0 Å². The normalized spacial score (nSPS) is 11.3. The van der Waals surface area contributed by atoms with E-state index in [9.17, 15) is 4.79 Å². The summed E-state index contributed by atoms with van der Waals surface area (Å²) in [6.07, 6.45) is -0.410. The molecule has 0 spiro atoms. The molecular formula is C20H25NO2. The van der Waals surface area contributed by atoms with E-state index in [4.69, 9.17) is 4.74 Å². The highest BCUT2D eigenvalue weighted by atomic mass is 16.5. The van der Waals surface area contributed by atoms with Crippen molar-refractivity contribution in [2.24, 2.45) is 0 Å². The number of alkyl carbamates (subject to hydrolysis) is 1. The summed E-state index contributed by atoms with van der Waals surface area (Å²) < 4.78 is 5.30. The Balaban J connectivity index is 1.95.